The van der Waals surface area contributed by atoms with Crippen LogP contribution < -0.4 is 5.32 Å². The van der Waals surface area contributed by atoms with E-state index in [0.29, 0.717) is 12.1 Å². The lowest BCUT2D eigenvalue weighted by molar-refractivity contribution is 0.0253. The van der Waals surface area contributed by atoms with E-state index in [2.05, 4.69) is 53.8 Å². The number of rotatable bonds is 5. The second-order valence-corrected chi connectivity index (χ2v) is 6.56. The molecule has 0 aliphatic heterocycles. The van der Waals surface area contributed by atoms with Crippen LogP contribution >= 0.6 is 0 Å². The minimum atomic E-state index is 0.599. The van der Waals surface area contributed by atoms with Gasteiger partial charge in [-0.3, -0.25) is 0 Å². The van der Waals surface area contributed by atoms with Crippen LogP contribution in [0.4, 0.5) is 0 Å². The first-order valence-electron chi connectivity index (χ1n) is 7.10. The van der Waals surface area contributed by atoms with Gasteiger partial charge in [-0.15, -0.1) is 0 Å². The van der Waals surface area contributed by atoms with Crippen molar-refractivity contribution in [3.05, 3.63) is 0 Å². The third-order valence-corrected chi connectivity index (χ3v) is 5.11. The van der Waals surface area contributed by atoms with Crippen molar-refractivity contribution in [2.75, 3.05) is 0 Å². The quantitative estimate of drug-likeness (QED) is 0.747. The van der Waals surface area contributed by atoms with E-state index in [4.69, 9.17) is 0 Å². The van der Waals surface area contributed by atoms with Gasteiger partial charge in [0.25, 0.3) is 0 Å². The molecule has 1 fully saturated rings. The smallest absolute Gasteiger partial charge is 0.00693 e. The molecule has 0 aromatic rings. The Morgan fingerprint density at radius 2 is 1.56 bits per heavy atom. The third kappa shape index (κ3) is 3.00. The lowest BCUT2D eigenvalue weighted by Crippen LogP contribution is -2.45. The van der Waals surface area contributed by atoms with E-state index in [1.165, 1.54) is 6.42 Å². The summed E-state index contributed by atoms with van der Waals surface area (Å²) in [4.78, 5) is 0. The first-order valence-corrected chi connectivity index (χ1v) is 7.10. The van der Waals surface area contributed by atoms with Crippen molar-refractivity contribution in [3.8, 4) is 0 Å². The molecule has 0 amide bonds. The van der Waals surface area contributed by atoms with E-state index in [9.17, 15) is 0 Å². The number of hydrogen-bond acceptors (Lipinski definition) is 1. The molecule has 6 atom stereocenters. The Morgan fingerprint density at radius 1 is 1.00 bits per heavy atom. The van der Waals surface area contributed by atoms with Gasteiger partial charge in [0, 0.05) is 12.1 Å². The molecular formula is C15H31N. The Bertz CT molecular complexity index is 211. The van der Waals surface area contributed by atoms with Crippen molar-refractivity contribution in [1.82, 2.24) is 5.32 Å². The standard InChI is InChI=1S/C15H31N/c1-9(2)16-14(7)12(5)13(6)15-8-10(3)11(15)4/h9-16H,8H2,1-7H3/t10-,11?,12?,13-,14?,15?/m1/s1. The summed E-state index contributed by atoms with van der Waals surface area (Å²) in [6.07, 6.45) is 1.45. The van der Waals surface area contributed by atoms with E-state index in [1.807, 2.05) is 0 Å². The summed E-state index contributed by atoms with van der Waals surface area (Å²) in [7, 11) is 0. The molecule has 0 spiro atoms. The van der Waals surface area contributed by atoms with Crippen molar-refractivity contribution in [1.29, 1.82) is 0 Å². The van der Waals surface area contributed by atoms with Crippen LogP contribution in [0.15, 0.2) is 0 Å². The van der Waals surface area contributed by atoms with Crippen molar-refractivity contribution >= 4 is 0 Å². The molecule has 1 N–H and O–H groups in total. The van der Waals surface area contributed by atoms with Crippen molar-refractivity contribution in [3.63, 3.8) is 0 Å². The highest BCUT2D eigenvalue weighted by Gasteiger charge is 2.40. The molecule has 1 rings (SSSR count). The molecule has 4 unspecified atom stereocenters. The molecule has 1 saturated carbocycles. The van der Waals surface area contributed by atoms with Crippen molar-refractivity contribution in [2.45, 2.75) is 67.0 Å². The summed E-state index contributed by atoms with van der Waals surface area (Å²) < 4.78 is 0. The van der Waals surface area contributed by atoms with Crippen LogP contribution in [0.3, 0.4) is 0 Å². The molecule has 1 aliphatic rings. The minimum absolute atomic E-state index is 0.599. The topological polar surface area (TPSA) is 12.0 Å². The van der Waals surface area contributed by atoms with Crippen molar-refractivity contribution < 1.29 is 0 Å². The maximum atomic E-state index is 3.65. The summed E-state index contributed by atoms with van der Waals surface area (Å²) in [5.74, 6) is 4.48. The van der Waals surface area contributed by atoms with Crippen LogP contribution in [-0.2, 0) is 0 Å². The SMILES string of the molecule is CC(C)NC(C)C(C)[C@@H](C)C1C[C@@H](C)C1C. The predicted molar refractivity (Wildman–Crippen MR) is 72.5 cm³/mol. The normalized spacial score (nSPS) is 35.6. The first kappa shape index (κ1) is 14.0. The molecular weight excluding hydrogens is 194 g/mol. The van der Waals surface area contributed by atoms with E-state index in [0.717, 1.165) is 29.6 Å². The fourth-order valence-electron chi connectivity index (χ4n) is 3.30. The van der Waals surface area contributed by atoms with Gasteiger partial charge in [-0.2, -0.15) is 0 Å². The number of nitrogens with one attached hydrogen (secondary N) is 1. The van der Waals surface area contributed by atoms with Gasteiger partial charge < -0.3 is 5.32 Å². The second-order valence-electron chi connectivity index (χ2n) is 6.56. The van der Waals surface area contributed by atoms with Crippen LogP contribution in [-0.4, -0.2) is 12.1 Å². The predicted octanol–water partition coefficient (Wildman–Crippen LogP) is 3.94. The van der Waals surface area contributed by atoms with Crippen LogP contribution in [0, 0.1) is 29.6 Å². The van der Waals surface area contributed by atoms with E-state index in [-0.39, 0.29) is 0 Å². The molecule has 96 valence electrons. The van der Waals surface area contributed by atoms with Crippen molar-refractivity contribution in [2.24, 2.45) is 29.6 Å². The van der Waals surface area contributed by atoms with Gasteiger partial charge in [0.2, 0.25) is 0 Å². The van der Waals surface area contributed by atoms with Crippen LogP contribution in [0.5, 0.6) is 0 Å². The second kappa shape index (κ2) is 5.53. The van der Waals surface area contributed by atoms with E-state index in [1.54, 1.807) is 0 Å². The summed E-state index contributed by atoms with van der Waals surface area (Å²) >= 11 is 0. The largest absolute Gasteiger partial charge is 0.312 e. The summed E-state index contributed by atoms with van der Waals surface area (Å²) in [5.41, 5.74) is 0. The van der Waals surface area contributed by atoms with Gasteiger partial charge in [-0.25, -0.2) is 0 Å². The van der Waals surface area contributed by atoms with Gasteiger partial charge in [-0.1, -0.05) is 41.5 Å². The monoisotopic (exact) mass is 225 g/mol. The zero-order valence-corrected chi connectivity index (χ0v) is 12.2. The van der Waals surface area contributed by atoms with Crippen LogP contribution in [0.25, 0.3) is 0 Å². The molecule has 0 radical (unpaired) electrons. The fourth-order valence-corrected chi connectivity index (χ4v) is 3.30. The van der Waals surface area contributed by atoms with Gasteiger partial charge >= 0.3 is 0 Å². The first-order chi connectivity index (χ1) is 7.34. The Morgan fingerprint density at radius 3 is 1.94 bits per heavy atom. The molecule has 1 nitrogen and oxygen atoms in total. The molecule has 0 aromatic carbocycles. The maximum absolute atomic E-state index is 3.65. The van der Waals surface area contributed by atoms with Gasteiger partial charge in [-0.05, 0) is 42.9 Å². The Kier molecular flexibility index (Phi) is 4.85. The Balaban J connectivity index is 2.44. The Hall–Kier alpha value is -0.0400. The summed E-state index contributed by atoms with van der Waals surface area (Å²) in [6, 6.07) is 1.24. The molecule has 16 heavy (non-hydrogen) atoms. The molecule has 1 aliphatic carbocycles. The van der Waals surface area contributed by atoms with Crippen LogP contribution in [0.2, 0.25) is 0 Å². The summed E-state index contributed by atoms with van der Waals surface area (Å²) in [6.45, 7) is 16.5. The highest BCUT2D eigenvalue weighted by Crippen LogP contribution is 2.46. The van der Waals surface area contributed by atoms with E-state index < -0.39 is 0 Å². The third-order valence-electron chi connectivity index (χ3n) is 5.11. The zero-order valence-electron chi connectivity index (χ0n) is 12.2. The summed E-state index contributed by atoms with van der Waals surface area (Å²) in [5, 5.41) is 3.65. The Labute approximate surface area is 102 Å². The molecule has 0 aromatic heterocycles. The van der Waals surface area contributed by atoms with E-state index >= 15 is 0 Å². The lowest BCUT2D eigenvalue weighted by atomic mass is 9.59. The maximum Gasteiger partial charge on any atom is 0.00693 e. The average Bonchev–Trinajstić information content (AvgIpc) is 2.22. The lowest BCUT2D eigenvalue weighted by Gasteiger charge is -2.47. The molecule has 0 heterocycles. The fraction of sp³-hybridized carbons (Fsp3) is 1.00. The molecule has 0 bridgehead atoms. The van der Waals surface area contributed by atoms with Gasteiger partial charge in [0.05, 0.1) is 0 Å². The average molecular weight is 225 g/mol. The number of hydrogen-bond donors (Lipinski definition) is 1. The van der Waals surface area contributed by atoms with Gasteiger partial charge in [0.1, 0.15) is 0 Å². The van der Waals surface area contributed by atoms with Crippen LogP contribution in [0.1, 0.15) is 54.9 Å². The minimum Gasteiger partial charge on any atom is -0.312 e. The highest BCUT2D eigenvalue weighted by molar-refractivity contribution is 4.90. The zero-order chi connectivity index (χ0) is 12.5. The molecule has 1 heteroatoms. The highest BCUT2D eigenvalue weighted by atomic mass is 14.9. The molecule has 0 saturated heterocycles. The van der Waals surface area contributed by atoms with Gasteiger partial charge in [0.15, 0.2) is 0 Å².